The summed E-state index contributed by atoms with van der Waals surface area (Å²) >= 11 is 10.7. The molecule has 0 unspecified atom stereocenters. The Kier molecular flexibility index (Phi) is 5.22. The van der Waals surface area contributed by atoms with Gasteiger partial charge in [0.15, 0.2) is 0 Å². The van der Waals surface area contributed by atoms with E-state index in [2.05, 4.69) is 20.7 Å². The van der Waals surface area contributed by atoms with E-state index in [0.717, 1.165) is 9.35 Å². The standard InChI is InChI=1S/C12H11BrClNO3S2/c13-10-3-4-19-12(10)6-15-20(17,18)9-1-2-11(14)8(5-9)7-16/h1-5,15-16H,6-7H2. The zero-order valence-corrected chi connectivity index (χ0v) is 14.1. The Bertz CT molecular complexity index is 715. The number of nitrogens with one attached hydrogen (secondary N) is 1. The number of thiophene rings is 1. The molecule has 0 aliphatic rings. The molecule has 0 fully saturated rings. The van der Waals surface area contributed by atoms with Gasteiger partial charge in [-0.3, -0.25) is 0 Å². The maximum Gasteiger partial charge on any atom is 0.240 e. The average molecular weight is 397 g/mol. The van der Waals surface area contributed by atoms with Crippen LogP contribution in [0.4, 0.5) is 0 Å². The molecular weight excluding hydrogens is 386 g/mol. The summed E-state index contributed by atoms with van der Waals surface area (Å²) in [7, 11) is -3.64. The van der Waals surface area contributed by atoms with Crippen LogP contribution < -0.4 is 4.72 Å². The molecule has 0 spiro atoms. The Hall–Kier alpha value is -0.440. The quantitative estimate of drug-likeness (QED) is 0.816. The van der Waals surface area contributed by atoms with Crippen molar-refractivity contribution in [2.45, 2.75) is 18.0 Å². The molecule has 20 heavy (non-hydrogen) atoms. The van der Waals surface area contributed by atoms with Crippen LogP contribution in [0.2, 0.25) is 5.02 Å². The predicted octanol–water partition coefficient (Wildman–Crippen LogP) is 3.13. The van der Waals surface area contributed by atoms with Crippen LogP contribution in [0.3, 0.4) is 0 Å². The first-order valence-corrected chi connectivity index (χ1v) is 9.08. The third-order valence-corrected chi connectivity index (χ3v) is 6.31. The fourth-order valence-electron chi connectivity index (χ4n) is 1.53. The maximum absolute atomic E-state index is 12.2. The van der Waals surface area contributed by atoms with E-state index in [1.165, 1.54) is 29.5 Å². The number of rotatable bonds is 5. The lowest BCUT2D eigenvalue weighted by Gasteiger charge is -2.08. The van der Waals surface area contributed by atoms with Gasteiger partial charge in [-0.15, -0.1) is 11.3 Å². The zero-order valence-electron chi connectivity index (χ0n) is 10.1. The third-order valence-electron chi connectivity index (χ3n) is 2.61. The van der Waals surface area contributed by atoms with Crippen LogP contribution in [-0.4, -0.2) is 13.5 Å². The second-order valence-electron chi connectivity index (χ2n) is 3.93. The lowest BCUT2D eigenvalue weighted by atomic mass is 10.2. The lowest BCUT2D eigenvalue weighted by Crippen LogP contribution is -2.23. The SMILES string of the molecule is O=S(=O)(NCc1sccc1Br)c1ccc(Cl)c(CO)c1. The van der Waals surface area contributed by atoms with Gasteiger partial charge in [0.1, 0.15) is 0 Å². The molecule has 2 rings (SSSR count). The summed E-state index contributed by atoms with van der Waals surface area (Å²) in [5, 5.41) is 11.3. The van der Waals surface area contributed by atoms with Crippen molar-refractivity contribution in [1.82, 2.24) is 4.72 Å². The van der Waals surface area contributed by atoms with Crippen LogP contribution in [0.1, 0.15) is 10.4 Å². The van der Waals surface area contributed by atoms with Crippen molar-refractivity contribution in [3.05, 3.63) is 49.6 Å². The van der Waals surface area contributed by atoms with E-state index >= 15 is 0 Å². The van der Waals surface area contributed by atoms with Gasteiger partial charge in [-0.1, -0.05) is 11.6 Å². The molecule has 8 heteroatoms. The van der Waals surface area contributed by atoms with Gasteiger partial charge in [0.2, 0.25) is 10.0 Å². The average Bonchev–Trinajstić information content (AvgIpc) is 2.82. The third kappa shape index (κ3) is 3.60. The molecule has 0 amide bonds. The molecule has 0 aliphatic heterocycles. The van der Waals surface area contributed by atoms with Crippen molar-refractivity contribution in [3.8, 4) is 0 Å². The maximum atomic E-state index is 12.2. The zero-order chi connectivity index (χ0) is 14.8. The first-order chi connectivity index (χ1) is 9.44. The Morgan fingerprint density at radius 1 is 1.35 bits per heavy atom. The first kappa shape index (κ1) is 15.9. The monoisotopic (exact) mass is 395 g/mol. The van der Waals surface area contributed by atoms with Crippen LogP contribution in [0.5, 0.6) is 0 Å². The van der Waals surface area contributed by atoms with Crippen LogP contribution in [0, 0.1) is 0 Å². The number of hydrogen-bond donors (Lipinski definition) is 2. The highest BCUT2D eigenvalue weighted by atomic mass is 79.9. The van der Waals surface area contributed by atoms with E-state index in [1.54, 1.807) is 0 Å². The molecule has 0 radical (unpaired) electrons. The normalized spacial score (nSPS) is 11.8. The first-order valence-electron chi connectivity index (χ1n) is 5.55. The summed E-state index contributed by atoms with van der Waals surface area (Å²) in [6, 6.07) is 6.10. The number of benzene rings is 1. The Morgan fingerprint density at radius 2 is 2.10 bits per heavy atom. The van der Waals surface area contributed by atoms with Crippen LogP contribution >= 0.6 is 38.9 Å². The molecule has 1 aromatic carbocycles. The molecule has 0 atom stereocenters. The van der Waals surface area contributed by atoms with E-state index in [4.69, 9.17) is 16.7 Å². The summed E-state index contributed by atoms with van der Waals surface area (Å²) in [6.45, 7) is -0.101. The fourth-order valence-corrected chi connectivity index (χ4v) is 4.28. The van der Waals surface area contributed by atoms with E-state index in [1.807, 2.05) is 11.4 Å². The lowest BCUT2D eigenvalue weighted by molar-refractivity contribution is 0.281. The van der Waals surface area contributed by atoms with Crippen molar-refractivity contribution in [3.63, 3.8) is 0 Å². The van der Waals surface area contributed by atoms with Crippen molar-refractivity contribution in [2.75, 3.05) is 0 Å². The van der Waals surface area contributed by atoms with Gasteiger partial charge in [0.25, 0.3) is 0 Å². The van der Waals surface area contributed by atoms with Crippen molar-refractivity contribution in [1.29, 1.82) is 0 Å². The number of hydrogen-bond acceptors (Lipinski definition) is 4. The topological polar surface area (TPSA) is 66.4 Å². The molecule has 2 aromatic rings. The summed E-state index contributed by atoms with van der Waals surface area (Å²) in [4.78, 5) is 0.976. The van der Waals surface area contributed by atoms with Gasteiger partial charge in [0.05, 0.1) is 11.5 Å². The highest BCUT2D eigenvalue weighted by Crippen LogP contribution is 2.24. The Labute approximate surface area is 134 Å². The summed E-state index contributed by atoms with van der Waals surface area (Å²) in [5.41, 5.74) is 0.381. The van der Waals surface area contributed by atoms with Gasteiger partial charge < -0.3 is 5.11 Å². The van der Waals surface area contributed by atoms with Crippen LogP contribution in [0.25, 0.3) is 0 Å². The van der Waals surface area contributed by atoms with Crippen molar-refractivity contribution >= 4 is 48.9 Å². The highest BCUT2D eigenvalue weighted by molar-refractivity contribution is 9.10. The number of halogens is 2. The minimum absolute atomic E-state index is 0.0821. The molecule has 1 heterocycles. The molecular formula is C12H11BrClNO3S2. The van der Waals surface area contributed by atoms with Gasteiger partial charge in [0, 0.05) is 20.9 Å². The van der Waals surface area contributed by atoms with Crippen LogP contribution in [0.15, 0.2) is 39.0 Å². The van der Waals surface area contributed by atoms with Gasteiger partial charge >= 0.3 is 0 Å². The number of sulfonamides is 1. The molecule has 0 saturated heterocycles. The predicted molar refractivity (Wildman–Crippen MR) is 83.4 cm³/mol. The van der Waals surface area contributed by atoms with Crippen LogP contribution in [-0.2, 0) is 23.2 Å². The molecule has 0 bridgehead atoms. The Balaban J connectivity index is 2.20. The summed E-state index contributed by atoms with van der Waals surface area (Å²) < 4.78 is 27.7. The minimum Gasteiger partial charge on any atom is -0.392 e. The fraction of sp³-hybridized carbons (Fsp3) is 0.167. The van der Waals surface area contributed by atoms with E-state index in [0.29, 0.717) is 10.6 Å². The second-order valence-corrected chi connectivity index (χ2v) is 7.96. The van der Waals surface area contributed by atoms with Crippen molar-refractivity contribution in [2.24, 2.45) is 0 Å². The largest absolute Gasteiger partial charge is 0.392 e. The molecule has 2 N–H and O–H groups in total. The van der Waals surface area contributed by atoms with E-state index in [9.17, 15) is 8.42 Å². The smallest absolute Gasteiger partial charge is 0.240 e. The van der Waals surface area contributed by atoms with Crippen molar-refractivity contribution < 1.29 is 13.5 Å². The molecule has 0 aliphatic carbocycles. The van der Waals surface area contributed by atoms with Gasteiger partial charge in [-0.2, -0.15) is 0 Å². The Morgan fingerprint density at radius 3 is 2.70 bits per heavy atom. The van der Waals surface area contributed by atoms with Gasteiger partial charge in [-0.05, 0) is 51.1 Å². The van der Waals surface area contributed by atoms with E-state index < -0.39 is 10.0 Å². The molecule has 1 aromatic heterocycles. The highest BCUT2D eigenvalue weighted by Gasteiger charge is 2.16. The molecule has 0 saturated carbocycles. The number of aliphatic hydroxyl groups is 1. The number of aliphatic hydroxyl groups excluding tert-OH is 1. The molecule has 4 nitrogen and oxygen atoms in total. The minimum atomic E-state index is -3.64. The summed E-state index contributed by atoms with van der Waals surface area (Å²) in [6.07, 6.45) is 0. The van der Waals surface area contributed by atoms with E-state index in [-0.39, 0.29) is 18.0 Å². The molecule has 108 valence electrons. The van der Waals surface area contributed by atoms with Gasteiger partial charge in [-0.25, -0.2) is 13.1 Å². The summed E-state index contributed by atoms with van der Waals surface area (Å²) in [5.74, 6) is 0. The second kappa shape index (κ2) is 6.55.